The molecule has 36 heavy (non-hydrogen) atoms. The minimum absolute atomic E-state index is 0.0325. The van der Waals surface area contributed by atoms with Gasteiger partial charge in [0.25, 0.3) is 5.91 Å². The molecule has 3 aromatic rings. The minimum Gasteiger partial charge on any atom is -0.393 e. The van der Waals surface area contributed by atoms with Crippen molar-refractivity contribution in [1.29, 1.82) is 0 Å². The van der Waals surface area contributed by atoms with Gasteiger partial charge in [0.1, 0.15) is 11.9 Å². The molecule has 1 fully saturated rings. The highest BCUT2D eigenvalue weighted by Gasteiger charge is 2.35. The molecule has 0 saturated heterocycles. The average Bonchev–Trinajstić information content (AvgIpc) is 3.21. The summed E-state index contributed by atoms with van der Waals surface area (Å²) in [7, 11) is 0. The van der Waals surface area contributed by atoms with Crippen molar-refractivity contribution in [3.05, 3.63) is 65.6 Å². The van der Waals surface area contributed by atoms with Gasteiger partial charge in [-0.1, -0.05) is 63.9 Å². The van der Waals surface area contributed by atoms with Crippen molar-refractivity contribution in [2.75, 3.05) is 6.54 Å². The van der Waals surface area contributed by atoms with E-state index in [4.69, 9.17) is 0 Å². The molecule has 0 unspecified atom stereocenters. The highest BCUT2D eigenvalue weighted by Crippen LogP contribution is 2.25. The van der Waals surface area contributed by atoms with E-state index < -0.39 is 23.5 Å². The number of hydrogen-bond acceptors (Lipinski definition) is 4. The molecule has 1 aliphatic carbocycles. The molecule has 0 radical (unpaired) electrons. The molecule has 192 valence electrons. The zero-order valence-electron chi connectivity index (χ0n) is 21.1. The van der Waals surface area contributed by atoms with Crippen molar-refractivity contribution < 1.29 is 19.1 Å². The smallest absolute Gasteiger partial charge is 0.273 e. The first-order chi connectivity index (χ1) is 17.1. The Morgan fingerprint density at radius 1 is 1.11 bits per heavy atom. The van der Waals surface area contributed by atoms with E-state index in [1.807, 2.05) is 45.0 Å². The largest absolute Gasteiger partial charge is 0.393 e. The monoisotopic (exact) mass is 494 g/mol. The SMILES string of the molecule is CC(C)(C)[C@H](NC(=O)c1nn(Cc2ccc(F)cc2)c2ccccc12)C(=O)NC[C@H]1CCCC[C@H]1O. The van der Waals surface area contributed by atoms with Crippen LogP contribution >= 0.6 is 0 Å². The fourth-order valence-electron chi connectivity index (χ4n) is 4.81. The minimum atomic E-state index is -0.785. The predicted octanol–water partition coefficient (Wildman–Crippen LogP) is 4.04. The highest BCUT2D eigenvalue weighted by atomic mass is 19.1. The normalized spacial score (nSPS) is 19.1. The molecule has 0 spiro atoms. The number of halogens is 1. The predicted molar refractivity (Wildman–Crippen MR) is 137 cm³/mol. The van der Waals surface area contributed by atoms with Gasteiger partial charge in [0.2, 0.25) is 5.91 Å². The fraction of sp³-hybridized carbons (Fsp3) is 0.464. The summed E-state index contributed by atoms with van der Waals surface area (Å²) in [5.41, 5.74) is 1.32. The van der Waals surface area contributed by atoms with Crippen LogP contribution in [0, 0.1) is 17.2 Å². The number of fused-ring (bicyclic) bond motifs is 1. The van der Waals surface area contributed by atoms with Crippen molar-refractivity contribution in [3.63, 3.8) is 0 Å². The molecule has 3 N–H and O–H groups in total. The Balaban J connectivity index is 1.53. The molecule has 1 heterocycles. The number of benzene rings is 2. The molecule has 1 saturated carbocycles. The number of hydrogen-bond donors (Lipinski definition) is 3. The lowest BCUT2D eigenvalue weighted by molar-refractivity contribution is -0.125. The summed E-state index contributed by atoms with van der Waals surface area (Å²) in [6, 6.07) is 12.8. The Kier molecular flexibility index (Phi) is 7.73. The summed E-state index contributed by atoms with van der Waals surface area (Å²) >= 11 is 0. The molecule has 8 heteroatoms. The zero-order chi connectivity index (χ0) is 25.9. The maximum Gasteiger partial charge on any atom is 0.273 e. The van der Waals surface area contributed by atoms with Gasteiger partial charge in [0.15, 0.2) is 5.69 Å². The summed E-state index contributed by atoms with van der Waals surface area (Å²) in [6.07, 6.45) is 3.29. The average molecular weight is 495 g/mol. The van der Waals surface area contributed by atoms with Crippen molar-refractivity contribution in [1.82, 2.24) is 20.4 Å². The van der Waals surface area contributed by atoms with Gasteiger partial charge in [-0.05, 0) is 42.0 Å². The number of rotatable bonds is 7. The molecular formula is C28H35FN4O3. The first-order valence-corrected chi connectivity index (χ1v) is 12.6. The molecular weight excluding hydrogens is 459 g/mol. The number of carbonyl (C=O) groups is 2. The Morgan fingerprint density at radius 3 is 2.50 bits per heavy atom. The maximum atomic E-state index is 13.4. The number of nitrogens with one attached hydrogen (secondary N) is 2. The Hall–Kier alpha value is -3.26. The second-order valence-corrected chi connectivity index (χ2v) is 10.8. The first kappa shape index (κ1) is 25.8. The van der Waals surface area contributed by atoms with Crippen LogP contribution in [0.5, 0.6) is 0 Å². The van der Waals surface area contributed by atoms with Gasteiger partial charge in [-0.2, -0.15) is 5.10 Å². The van der Waals surface area contributed by atoms with Gasteiger partial charge in [-0.3, -0.25) is 14.3 Å². The number of carbonyl (C=O) groups excluding carboxylic acids is 2. The quantitative estimate of drug-likeness (QED) is 0.462. The molecule has 1 aromatic heterocycles. The molecule has 1 aliphatic rings. The summed E-state index contributed by atoms with van der Waals surface area (Å²) < 4.78 is 15.0. The fourth-order valence-corrected chi connectivity index (χ4v) is 4.81. The lowest BCUT2D eigenvalue weighted by Crippen LogP contribution is -2.54. The van der Waals surface area contributed by atoms with E-state index in [1.54, 1.807) is 16.8 Å². The third-order valence-electron chi connectivity index (χ3n) is 6.93. The van der Waals surface area contributed by atoms with E-state index in [-0.39, 0.29) is 23.3 Å². The topological polar surface area (TPSA) is 96.2 Å². The van der Waals surface area contributed by atoms with Crippen molar-refractivity contribution in [2.45, 2.75) is 65.1 Å². The summed E-state index contributed by atoms with van der Waals surface area (Å²) in [6.45, 7) is 6.47. The van der Waals surface area contributed by atoms with Crippen LogP contribution < -0.4 is 10.6 Å². The number of nitrogens with zero attached hydrogens (tertiary/aromatic N) is 2. The van der Waals surface area contributed by atoms with Crippen molar-refractivity contribution in [3.8, 4) is 0 Å². The van der Waals surface area contributed by atoms with Crippen LogP contribution in [-0.2, 0) is 11.3 Å². The van der Waals surface area contributed by atoms with E-state index in [2.05, 4.69) is 15.7 Å². The summed E-state index contributed by atoms with van der Waals surface area (Å²) in [4.78, 5) is 26.6. The van der Waals surface area contributed by atoms with Crippen LogP contribution in [0.4, 0.5) is 4.39 Å². The maximum absolute atomic E-state index is 13.4. The second kappa shape index (κ2) is 10.8. The van der Waals surface area contributed by atoms with Gasteiger partial charge in [-0.25, -0.2) is 4.39 Å². The molecule has 0 aliphatic heterocycles. The van der Waals surface area contributed by atoms with Gasteiger partial charge in [-0.15, -0.1) is 0 Å². The van der Waals surface area contributed by atoms with Crippen LogP contribution in [0.2, 0.25) is 0 Å². The molecule has 3 atom stereocenters. The summed E-state index contributed by atoms with van der Waals surface area (Å²) in [5, 5.41) is 21.4. The van der Waals surface area contributed by atoms with Crippen LogP contribution in [-0.4, -0.2) is 45.4 Å². The molecule has 2 amide bonds. The number of aliphatic hydroxyl groups excluding tert-OH is 1. The second-order valence-electron chi connectivity index (χ2n) is 10.8. The van der Waals surface area contributed by atoms with Gasteiger partial charge < -0.3 is 15.7 Å². The molecule has 0 bridgehead atoms. The highest BCUT2D eigenvalue weighted by molar-refractivity contribution is 6.06. The lowest BCUT2D eigenvalue weighted by atomic mass is 9.84. The standard InChI is InChI=1S/C28H35FN4O3/c1-28(2,3)25(27(36)30-16-19-8-4-7-11-23(19)34)31-26(35)24-21-9-5-6-10-22(21)33(32-24)17-18-12-14-20(29)15-13-18/h5-6,9-10,12-15,19,23,25,34H,4,7-8,11,16-17H2,1-3H3,(H,30,36)(H,31,35)/t19-,23-,25-/m1/s1. The van der Waals surface area contributed by atoms with E-state index in [1.165, 1.54) is 12.1 Å². The van der Waals surface area contributed by atoms with Crippen LogP contribution in [0.1, 0.15) is 62.5 Å². The lowest BCUT2D eigenvalue weighted by Gasteiger charge is -2.32. The molecule has 7 nitrogen and oxygen atoms in total. The van der Waals surface area contributed by atoms with Gasteiger partial charge in [0.05, 0.1) is 18.2 Å². The number of para-hydroxylation sites is 1. The van der Waals surface area contributed by atoms with Crippen molar-refractivity contribution >= 4 is 22.7 Å². The molecule has 2 aromatic carbocycles. The Morgan fingerprint density at radius 2 is 1.81 bits per heavy atom. The van der Waals surface area contributed by atoms with Gasteiger partial charge >= 0.3 is 0 Å². The van der Waals surface area contributed by atoms with E-state index in [0.717, 1.165) is 36.8 Å². The van der Waals surface area contributed by atoms with Gasteiger partial charge in [0, 0.05) is 17.8 Å². The van der Waals surface area contributed by atoms with Crippen LogP contribution in [0.15, 0.2) is 48.5 Å². The zero-order valence-corrected chi connectivity index (χ0v) is 21.1. The van der Waals surface area contributed by atoms with E-state index in [0.29, 0.717) is 18.5 Å². The van der Waals surface area contributed by atoms with E-state index in [9.17, 15) is 19.1 Å². The number of amides is 2. The first-order valence-electron chi connectivity index (χ1n) is 12.6. The third-order valence-corrected chi connectivity index (χ3v) is 6.93. The van der Waals surface area contributed by atoms with Crippen LogP contribution in [0.3, 0.4) is 0 Å². The number of aliphatic hydroxyl groups is 1. The third kappa shape index (κ3) is 5.93. The summed E-state index contributed by atoms with van der Waals surface area (Å²) in [5.74, 6) is -0.987. The number of aromatic nitrogens is 2. The molecule has 4 rings (SSSR count). The van der Waals surface area contributed by atoms with E-state index >= 15 is 0 Å². The van der Waals surface area contributed by atoms with Crippen molar-refractivity contribution in [2.24, 2.45) is 11.3 Å². The van der Waals surface area contributed by atoms with Crippen LogP contribution in [0.25, 0.3) is 10.9 Å². The Bertz CT molecular complexity index is 1220. The Labute approximate surface area is 211 Å².